The van der Waals surface area contributed by atoms with Crippen molar-refractivity contribution >= 4 is 5.97 Å². The van der Waals surface area contributed by atoms with E-state index in [1.54, 1.807) is 6.92 Å². The van der Waals surface area contributed by atoms with Crippen LogP contribution < -0.4 is 0 Å². The van der Waals surface area contributed by atoms with Crippen molar-refractivity contribution in [1.29, 1.82) is 0 Å². The van der Waals surface area contributed by atoms with E-state index in [0.717, 1.165) is 32.3 Å². The van der Waals surface area contributed by atoms with Gasteiger partial charge in [0.25, 0.3) is 0 Å². The van der Waals surface area contributed by atoms with Crippen LogP contribution in [0.5, 0.6) is 0 Å². The second kappa shape index (κ2) is 7.15. The van der Waals surface area contributed by atoms with Crippen molar-refractivity contribution in [2.24, 2.45) is 11.8 Å². The Hall–Kier alpha value is -1.25. The first-order valence-corrected chi connectivity index (χ1v) is 6.18. The van der Waals surface area contributed by atoms with E-state index in [1.807, 2.05) is 0 Å². The van der Waals surface area contributed by atoms with Gasteiger partial charge in [0.15, 0.2) is 0 Å². The molecule has 0 atom stereocenters. The first-order chi connectivity index (χ1) is 8.13. The first-order valence-electron chi connectivity index (χ1n) is 6.18. The summed E-state index contributed by atoms with van der Waals surface area (Å²) in [6.07, 6.45) is 6.00. The van der Waals surface area contributed by atoms with Crippen LogP contribution in [0.3, 0.4) is 0 Å². The molecule has 1 aliphatic carbocycles. The van der Waals surface area contributed by atoms with Gasteiger partial charge in [-0.1, -0.05) is 13.2 Å². The van der Waals surface area contributed by atoms with E-state index >= 15 is 0 Å². The minimum Gasteiger partial charge on any atom is -0.502 e. The highest BCUT2D eigenvalue weighted by atomic mass is 16.5. The van der Waals surface area contributed by atoms with E-state index in [4.69, 9.17) is 9.47 Å². The van der Waals surface area contributed by atoms with Crippen LogP contribution >= 0.6 is 0 Å². The van der Waals surface area contributed by atoms with Gasteiger partial charge in [0.1, 0.15) is 0 Å². The van der Waals surface area contributed by atoms with Gasteiger partial charge in [0.05, 0.1) is 19.5 Å². The lowest BCUT2D eigenvalue weighted by molar-refractivity contribution is -0.140. The molecular weight excluding hydrogens is 216 g/mol. The number of ether oxygens (including phenoxy) is 2. The Kier molecular flexibility index (Phi) is 5.81. The summed E-state index contributed by atoms with van der Waals surface area (Å²) >= 11 is 0. The zero-order valence-electron chi connectivity index (χ0n) is 10.6. The lowest BCUT2D eigenvalue weighted by atomic mass is 9.83. The Balaban J connectivity index is 2.16. The molecule has 0 aromatic heterocycles. The van der Waals surface area contributed by atoms with Crippen LogP contribution in [0.15, 0.2) is 25.0 Å². The van der Waals surface area contributed by atoms with Crippen molar-refractivity contribution in [3.05, 3.63) is 25.0 Å². The van der Waals surface area contributed by atoms with Crippen LogP contribution in [-0.4, -0.2) is 19.2 Å². The monoisotopic (exact) mass is 238 g/mol. The van der Waals surface area contributed by atoms with Crippen LogP contribution in [0.25, 0.3) is 0 Å². The fraction of sp³-hybridized carbons (Fsp3) is 0.643. The molecule has 0 N–H and O–H groups in total. The smallest absolute Gasteiger partial charge is 0.333 e. The zero-order chi connectivity index (χ0) is 12.7. The summed E-state index contributed by atoms with van der Waals surface area (Å²) < 4.78 is 10.4. The van der Waals surface area contributed by atoms with Crippen LogP contribution in [0.4, 0.5) is 0 Å². The number of hydrogen-bond donors (Lipinski definition) is 0. The third kappa shape index (κ3) is 5.07. The molecule has 1 fully saturated rings. The lowest BCUT2D eigenvalue weighted by Gasteiger charge is -2.27. The summed E-state index contributed by atoms with van der Waals surface area (Å²) in [7, 11) is 0. The van der Waals surface area contributed by atoms with Gasteiger partial charge in [-0.2, -0.15) is 0 Å². The second-order valence-corrected chi connectivity index (χ2v) is 4.77. The zero-order valence-corrected chi connectivity index (χ0v) is 10.6. The summed E-state index contributed by atoms with van der Waals surface area (Å²) in [6.45, 7) is 10.1. The minimum atomic E-state index is -0.276. The van der Waals surface area contributed by atoms with Gasteiger partial charge in [-0.25, -0.2) is 4.79 Å². The van der Waals surface area contributed by atoms with Gasteiger partial charge in [0.2, 0.25) is 0 Å². The Morgan fingerprint density at radius 1 is 1.24 bits per heavy atom. The fourth-order valence-electron chi connectivity index (χ4n) is 2.09. The molecule has 0 saturated heterocycles. The molecule has 0 aromatic carbocycles. The third-order valence-electron chi connectivity index (χ3n) is 3.21. The quantitative estimate of drug-likeness (QED) is 0.405. The molecule has 0 heterocycles. The van der Waals surface area contributed by atoms with Crippen LogP contribution in [-0.2, 0) is 14.3 Å². The number of hydrogen-bond acceptors (Lipinski definition) is 3. The van der Waals surface area contributed by atoms with Crippen molar-refractivity contribution in [2.75, 3.05) is 13.2 Å². The molecule has 17 heavy (non-hydrogen) atoms. The summed E-state index contributed by atoms with van der Waals surface area (Å²) in [6, 6.07) is 0. The standard InChI is InChI=1S/C14H22O3/c1-4-16-9-12-5-7-13(8-6-12)10-17-14(15)11(2)3/h4,12-13H,1-2,5-10H2,3H3. The molecule has 0 spiro atoms. The van der Waals surface area contributed by atoms with E-state index < -0.39 is 0 Å². The van der Waals surface area contributed by atoms with E-state index in [0.29, 0.717) is 24.0 Å². The Bertz CT molecular complexity index is 275. The van der Waals surface area contributed by atoms with Gasteiger partial charge in [-0.3, -0.25) is 0 Å². The number of carbonyl (C=O) groups is 1. The topological polar surface area (TPSA) is 35.5 Å². The van der Waals surface area contributed by atoms with Crippen molar-refractivity contribution in [2.45, 2.75) is 32.6 Å². The van der Waals surface area contributed by atoms with Crippen LogP contribution in [0.2, 0.25) is 0 Å². The highest BCUT2D eigenvalue weighted by Crippen LogP contribution is 2.29. The van der Waals surface area contributed by atoms with Gasteiger partial charge in [0, 0.05) is 5.57 Å². The maximum absolute atomic E-state index is 11.2. The number of carbonyl (C=O) groups excluding carboxylic acids is 1. The van der Waals surface area contributed by atoms with Crippen LogP contribution in [0, 0.1) is 11.8 Å². The average molecular weight is 238 g/mol. The van der Waals surface area contributed by atoms with Gasteiger partial charge in [-0.05, 0) is 44.4 Å². The molecule has 0 bridgehead atoms. The highest BCUT2D eigenvalue weighted by Gasteiger charge is 2.22. The summed E-state index contributed by atoms with van der Waals surface area (Å²) in [4.78, 5) is 11.2. The normalized spacial score (nSPS) is 23.8. The van der Waals surface area contributed by atoms with Gasteiger partial charge >= 0.3 is 5.97 Å². The molecular formula is C14H22O3. The van der Waals surface area contributed by atoms with Crippen molar-refractivity contribution in [1.82, 2.24) is 0 Å². The summed E-state index contributed by atoms with van der Waals surface area (Å²) in [5.74, 6) is 0.849. The number of rotatable bonds is 6. The van der Waals surface area contributed by atoms with Gasteiger partial charge in [-0.15, -0.1) is 0 Å². The third-order valence-corrected chi connectivity index (χ3v) is 3.21. The van der Waals surface area contributed by atoms with E-state index in [2.05, 4.69) is 13.2 Å². The second-order valence-electron chi connectivity index (χ2n) is 4.77. The van der Waals surface area contributed by atoms with Crippen molar-refractivity contribution < 1.29 is 14.3 Å². The van der Waals surface area contributed by atoms with Crippen molar-refractivity contribution in [3.8, 4) is 0 Å². The largest absolute Gasteiger partial charge is 0.502 e. The van der Waals surface area contributed by atoms with E-state index in [9.17, 15) is 4.79 Å². The molecule has 0 radical (unpaired) electrons. The lowest BCUT2D eigenvalue weighted by Crippen LogP contribution is -2.22. The Morgan fingerprint density at radius 2 is 1.76 bits per heavy atom. The predicted octanol–water partition coefficient (Wildman–Crippen LogP) is 3.07. The van der Waals surface area contributed by atoms with E-state index in [-0.39, 0.29) is 5.97 Å². The molecule has 1 aliphatic rings. The molecule has 0 aliphatic heterocycles. The first kappa shape index (κ1) is 13.8. The molecule has 1 saturated carbocycles. The summed E-state index contributed by atoms with van der Waals surface area (Å²) in [5, 5.41) is 0. The Morgan fingerprint density at radius 3 is 2.24 bits per heavy atom. The molecule has 96 valence electrons. The fourth-order valence-corrected chi connectivity index (χ4v) is 2.09. The minimum absolute atomic E-state index is 0.276. The SMILES string of the molecule is C=COCC1CCC(COC(=O)C(=C)C)CC1. The molecule has 0 amide bonds. The van der Waals surface area contributed by atoms with Gasteiger partial charge < -0.3 is 9.47 Å². The van der Waals surface area contributed by atoms with Crippen LogP contribution in [0.1, 0.15) is 32.6 Å². The van der Waals surface area contributed by atoms with E-state index in [1.165, 1.54) is 6.26 Å². The molecule has 0 unspecified atom stereocenters. The maximum Gasteiger partial charge on any atom is 0.333 e. The number of esters is 1. The molecule has 3 heteroatoms. The Labute approximate surface area is 103 Å². The van der Waals surface area contributed by atoms with Crippen molar-refractivity contribution in [3.63, 3.8) is 0 Å². The molecule has 3 nitrogen and oxygen atoms in total. The molecule has 0 aromatic rings. The average Bonchev–Trinajstić information content (AvgIpc) is 2.34. The predicted molar refractivity (Wildman–Crippen MR) is 67.4 cm³/mol. The summed E-state index contributed by atoms with van der Waals surface area (Å²) in [5.41, 5.74) is 0.470. The maximum atomic E-state index is 11.2. The molecule has 1 rings (SSSR count). The highest BCUT2D eigenvalue weighted by molar-refractivity contribution is 5.86.